The summed E-state index contributed by atoms with van der Waals surface area (Å²) in [6.07, 6.45) is 1.03. The van der Waals surface area contributed by atoms with Crippen LogP contribution in [0.5, 0.6) is 5.75 Å². The van der Waals surface area contributed by atoms with Crippen molar-refractivity contribution in [3.8, 4) is 11.8 Å². The van der Waals surface area contributed by atoms with Gasteiger partial charge >= 0.3 is 0 Å². The molecule has 0 bridgehead atoms. The molecule has 2 aromatic rings. The van der Waals surface area contributed by atoms with Crippen LogP contribution in [0.2, 0.25) is 0 Å². The summed E-state index contributed by atoms with van der Waals surface area (Å²) in [6, 6.07) is 18.0. The first-order valence-electron chi connectivity index (χ1n) is 11.3. The normalized spacial score (nSPS) is 17.6. The second-order valence-corrected chi connectivity index (χ2v) is 8.34. The van der Waals surface area contributed by atoms with Gasteiger partial charge in [0.05, 0.1) is 25.3 Å². The lowest BCUT2D eigenvalue weighted by Gasteiger charge is -2.37. The Balaban J connectivity index is 1.24. The third-order valence-corrected chi connectivity index (χ3v) is 6.38. The van der Waals surface area contributed by atoms with Crippen molar-refractivity contribution in [2.24, 2.45) is 0 Å². The van der Waals surface area contributed by atoms with E-state index in [4.69, 9.17) is 10.00 Å². The predicted molar refractivity (Wildman–Crippen MR) is 126 cm³/mol. The summed E-state index contributed by atoms with van der Waals surface area (Å²) in [4.78, 5) is 21.9. The van der Waals surface area contributed by atoms with Gasteiger partial charge in [0.25, 0.3) is 0 Å². The molecule has 0 atom stereocenters. The first-order chi connectivity index (χ1) is 15.7. The predicted octanol–water partition coefficient (Wildman–Crippen LogP) is 2.43. The number of carbonyl (C=O) groups is 1. The quantitative estimate of drug-likeness (QED) is 0.722. The molecule has 32 heavy (non-hydrogen) atoms. The fraction of sp³-hybridized carbons (Fsp3) is 0.440. The third-order valence-electron chi connectivity index (χ3n) is 6.38. The van der Waals surface area contributed by atoms with E-state index in [1.165, 1.54) is 5.69 Å². The van der Waals surface area contributed by atoms with Gasteiger partial charge in [-0.05, 0) is 55.0 Å². The van der Waals surface area contributed by atoms with Crippen LogP contribution in [0.3, 0.4) is 0 Å². The number of hydrogen-bond donors (Lipinski definition) is 0. The smallest absolute Gasteiger partial charge is 0.236 e. The number of carbonyl (C=O) groups excluding carboxylic acids is 1. The number of anilines is 2. The first kappa shape index (κ1) is 22.0. The number of methoxy groups -OCH3 is 1. The standard InChI is InChI=1S/C25H31N5O2/c1-32-24-9-7-23(8-10-24)29-15-17-30(18-16-29)25(31)20-27-11-2-12-28(14-13-27)22-5-3-21(19-26)4-6-22/h3-10H,2,11-18,20H2,1H3. The molecule has 4 rings (SSSR count). The highest BCUT2D eigenvalue weighted by atomic mass is 16.5. The van der Waals surface area contributed by atoms with Crippen molar-refractivity contribution >= 4 is 17.3 Å². The Morgan fingerprint density at radius 3 is 2.06 bits per heavy atom. The minimum absolute atomic E-state index is 0.228. The van der Waals surface area contributed by atoms with Crippen molar-refractivity contribution in [1.29, 1.82) is 5.26 Å². The molecular weight excluding hydrogens is 402 g/mol. The van der Waals surface area contributed by atoms with E-state index in [2.05, 4.69) is 32.9 Å². The molecular formula is C25H31N5O2. The minimum Gasteiger partial charge on any atom is -0.497 e. The van der Waals surface area contributed by atoms with Gasteiger partial charge in [-0.15, -0.1) is 0 Å². The molecule has 1 amide bonds. The zero-order chi connectivity index (χ0) is 22.3. The summed E-state index contributed by atoms with van der Waals surface area (Å²) in [5.41, 5.74) is 3.00. The molecule has 7 nitrogen and oxygen atoms in total. The third kappa shape index (κ3) is 5.32. The van der Waals surface area contributed by atoms with Crippen molar-refractivity contribution < 1.29 is 9.53 Å². The number of nitriles is 1. The monoisotopic (exact) mass is 433 g/mol. The summed E-state index contributed by atoms with van der Waals surface area (Å²) in [6.45, 7) is 7.38. The van der Waals surface area contributed by atoms with Crippen LogP contribution in [-0.2, 0) is 4.79 Å². The highest BCUT2D eigenvalue weighted by Crippen LogP contribution is 2.21. The Labute approximate surface area is 190 Å². The largest absolute Gasteiger partial charge is 0.497 e. The average molecular weight is 434 g/mol. The van der Waals surface area contributed by atoms with E-state index in [0.29, 0.717) is 12.1 Å². The Kier molecular flexibility index (Phi) is 7.13. The molecule has 0 spiro atoms. The number of rotatable bonds is 5. The Hall–Kier alpha value is -3.24. The van der Waals surface area contributed by atoms with Crippen LogP contribution in [0.25, 0.3) is 0 Å². The number of nitrogens with zero attached hydrogens (tertiary/aromatic N) is 5. The van der Waals surface area contributed by atoms with Crippen molar-refractivity contribution in [3.05, 3.63) is 54.1 Å². The first-order valence-corrected chi connectivity index (χ1v) is 11.3. The molecule has 2 aliphatic heterocycles. The number of amides is 1. The van der Waals surface area contributed by atoms with Crippen molar-refractivity contribution in [1.82, 2.24) is 9.80 Å². The molecule has 168 valence electrons. The lowest BCUT2D eigenvalue weighted by Crippen LogP contribution is -2.51. The molecule has 0 unspecified atom stereocenters. The van der Waals surface area contributed by atoms with Crippen molar-refractivity contribution in [3.63, 3.8) is 0 Å². The van der Waals surface area contributed by atoms with E-state index >= 15 is 0 Å². The maximum absolute atomic E-state index is 12.9. The van der Waals surface area contributed by atoms with Crippen molar-refractivity contribution in [2.45, 2.75) is 6.42 Å². The number of ether oxygens (including phenoxy) is 1. The van der Waals surface area contributed by atoms with Gasteiger partial charge < -0.3 is 19.4 Å². The highest BCUT2D eigenvalue weighted by Gasteiger charge is 2.24. The lowest BCUT2D eigenvalue weighted by molar-refractivity contribution is -0.132. The molecule has 2 saturated heterocycles. The molecule has 7 heteroatoms. The van der Waals surface area contributed by atoms with Gasteiger partial charge in [-0.1, -0.05) is 0 Å². The van der Waals surface area contributed by atoms with Crippen LogP contribution in [0.4, 0.5) is 11.4 Å². The van der Waals surface area contributed by atoms with Crippen LogP contribution in [0.15, 0.2) is 48.5 Å². The summed E-state index contributed by atoms with van der Waals surface area (Å²) in [5, 5.41) is 8.99. The topological polar surface area (TPSA) is 63.1 Å². The van der Waals surface area contributed by atoms with E-state index in [9.17, 15) is 4.79 Å². The van der Waals surface area contributed by atoms with Crippen LogP contribution in [0.1, 0.15) is 12.0 Å². The van der Waals surface area contributed by atoms with E-state index in [-0.39, 0.29) is 5.91 Å². The van der Waals surface area contributed by atoms with Gasteiger partial charge in [0, 0.05) is 63.7 Å². The number of piperazine rings is 1. The average Bonchev–Trinajstić information content (AvgIpc) is 3.10. The van der Waals surface area contributed by atoms with E-state index in [1.807, 2.05) is 41.3 Å². The van der Waals surface area contributed by atoms with Crippen LogP contribution in [0, 0.1) is 11.3 Å². The molecule has 2 fully saturated rings. The maximum atomic E-state index is 12.9. The van der Waals surface area contributed by atoms with Gasteiger partial charge in [0.15, 0.2) is 0 Å². The molecule has 2 aliphatic rings. The van der Waals surface area contributed by atoms with Gasteiger partial charge in [-0.3, -0.25) is 9.69 Å². The van der Waals surface area contributed by atoms with Crippen LogP contribution >= 0.6 is 0 Å². The molecule has 0 aromatic heterocycles. The Bertz CT molecular complexity index is 930. The van der Waals surface area contributed by atoms with Crippen LogP contribution < -0.4 is 14.5 Å². The highest BCUT2D eigenvalue weighted by molar-refractivity contribution is 5.78. The fourth-order valence-electron chi connectivity index (χ4n) is 4.43. The fourth-order valence-corrected chi connectivity index (χ4v) is 4.43. The molecule has 2 aromatic carbocycles. The molecule has 0 saturated carbocycles. The minimum atomic E-state index is 0.228. The van der Waals surface area contributed by atoms with Gasteiger partial charge in [0.1, 0.15) is 5.75 Å². The van der Waals surface area contributed by atoms with Gasteiger partial charge in [0.2, 0.25) is 5.91 Å². The van der Waals surface area contributed by atoms with E-state index in [0.717, 1.165) is 70.2 Å². The summed E-state index contributed by atoms with van der Waals surface area (Å²) < 4.78 is 5.24. The molecule has 0 N–H and O–H groups in total. The van der Waals surface area contributed by atoms with Gasteiger partial charge in [-0.2, -0.15) is 5.26 Å². The summed E-state index contributed by atoms with van der Waals surface area (Å²) in [7, 11) is 1.67. The Morgan fingerprint density at radius 2 is 1.44 bits per heavy atom. The maximum Gasteiger partial charge on any atom is 0.236 e. The zero-order valence-corrected chi connectivity index (χ0v) is 18.7. The van der Waals surface area contributed by atoms with Crippen LogP contribution in [-0.4, -0.2) is 81.7 Å². The Morgan fingerprint density at radius 1 is 0.844 bits per heavy atom. The van der Waals surface area contributed by atoms with E-state index < -0.39 is 0 Å². The summed E-state index contributed by atoms with van der Waals surface area (Å²) >= 11 is 0. The number of hydrogen-bond acceptors (Lipinski definition) is 6. The SMILES string of the molecule is COc1ccc(N2CCN(C(=O)CN3CCCN(c4ccc(C#N)cc4)CC3)CC2)cc1. The molecule has 0 aliphatic carbocycles. The molecule has 2 heterocycles. The van der Waals surface area contributed by atoms with Crippen molar-refractivity contribution in [2.75, 3.05) is 75.8 Å². The lowest BCUT2D eigenvalue weighted by atomic mass is 10.2. The number of benzene rings is 2. The second-order valence-electron chi connectivity index (χ2n) is 8.34. The summed E-state index contributed by atoms with van der Waals surface area (Å²) in [5.74, 6) is 1.09. The van der Waals surface area contributed by atoms with Gasteiger partial charge in [-0.25, -0.2) is 0 Å². The zero-order valence-electron chi connectivity index (χ0n) is 18.7. The van der Waals surface area contributed by atoms with E-state index in [1.54, 1.807) is 7.11 Å². The molecule has 0 radical (unpaired) electrons. The second kappa shape index (κ2) is 10.4.